The molecule has 2 aromatic rings. The topological polar surface area (TPSA) is 74.6 Å². The van der Waals surface area contributed by atoms with Gasteiger partial charge in [0.25, 0.3) is 0 Å². The van der Waals surface area contributed by atoms with E-state index in [9.17, 15) is 13.2 Å². The third-order valence-corrected chi connectivity index (χ3v) is 4.27. The van der Waals surface area contributed by atoms with Gasteiger partial charge in [-0.3, -0.25) is 4.55 Å². The van der Waals surface area contributed by atoms with E-state index < -0.39 is 15.6 Å². The van der Waals surface area contributed by atoms with E-state index in [1.807, 2.05) is 30.0 Å². The molecule has 0 heterocycles. The van der Waals surface area contributed by atoms with Crippen LogP contribution in [0.5, 0.6) is 5.75 Å². The second kappa shape index (κ2) is 8.95. The van der Waals surface area contributed by atoms with Crippen molar-refractivity contribution >= 4 is 21.9 Å². The molecule has 0 radical (unpaired) electrons. The van der Waals surface area contributed by atoms with Gasteiger partial charge >= 0.3 is 15.6 Å². The molecule has 2 N–H and O–H groups in total. The van der Waals surface area contributed by atoms with Crippen molar-refractivity contribution in [2.45, 2.75) is 17.0 Å². The zero-order valence-corrected chi connectivity index (χ0v) is 13.9. The van der Waals surface area contributed by atoms with Crippen LogP contribution in [0.2, 0.25) is 0 Å². The zero-order valence-electron chi connectivity index (χ0n) is 12.3. The van der Waals surface area contributed by atoms with Gasteiger partial charge in [0.2, 0.25) is 0 Å². The number of hydrogen-bond donors (Lipinski definition) is 2. The van der Waals surface area contributed by atoms with Crippen molar-refractivity contribution in [2.75, 3.05) is 0 Å². The number of phenolic OH excluding ortho intramolecular Hbond substituents is 1. The fourth-order valence-electron chi connectivity index (χ4n) is 1.45. The molecule has 0 saturated heterocycles. The molecular formula is C15H15F3O4S2. The minimum atomic E-state index is -5.84. The second-order valence-corrected chi connectivity index (χ2v) is 6.96. The van der Waals surface area contributed by atoms with Crippen molar-refractivity contribution in [1.29, 1.82) is 0 Å². The molecule has 0 fully saturated rings. The van der Waals surface area contributed by atoms with Crippen LogP contribution in [-0.2, 0) is 21.6 Å². The number of phenols is 1. The number of hydrogen-bond acceptors (Lipinski definition) is 4. The molecule has 9 heteroatoms. The minimum Gasteiger partial charge on any atom is -0.508 e. The molecule has 24 heavy (non-hydrogen) atoms. The number of benzene rings is 2. The molecule has 0 aliphatic carbocycles. The number of rotatable bonds is 4. The average Bonchev–Trinajstić information content (AvgIpc) is 2.49. The Hall–Kier alpha value is -1.71. The first-order valence-corrected chi connectivity index (χ1v) is 9.12. The van der Waals surface area contributed by atoms with Crippen LogP contribution in [0.1, 0.15) is 11.1 Å². The average molecular weight is 380 g/mol. The van der Waals surface area contributed by atoms with Gasteiger partial charge in [0.05, 0.1) is 0 Å². The molecule has 0 spiro atoms. The predicted octanol–water partition coefficient (Wildman–Crippen LogP) is 4.22. The van der Waals surface area contributed by atoms with Crippen LogP contribution in [0, 0.1) is 0 Å². The summed E-state index contributed by atoms with van der Waals surface area (Å²) in [5.74, 6) is 2.34. The molecule has 2 rings (SSSR count). The van der Waals surface area contributed by atoms with Gasteiger partial charge in [0.1, 0.15) is 5.75 Å². The lowest BCUT2D eigenvalue weighted by molar-refractivity contribution is -0.0510. The highest BCUT2D eigenvalue weighted by atomic mass is 32.2. The Morgan fingerprint density at radius 1 is 0.875 bits per heavy atom. The summed E-state index contributed by atoms with van der Waals surface area (Å²) in [6.07, 6.45) is 0. The van der Waals surface area contributed by atoms with Gasteiger partial charge < -0.3 is 5.11 Å². The SMILES string of the molecule is O=S(=O)(O)C(F)(F)F.Oc1ccc(CSCc2ccccc2)cc1. The summed E-state index contributed by atoms with van der Waals surface area (Å²) in [7, 11) is -5.84. The van der Waals surface area contributed by atoms with Crippen LogP contribution in [0.3, 0.4) is 0 Å². The van der Waals surface area contributed by atoms with Gasteiger partial charge in [-0.2, -0.15) is 33.4 Å². The summed E-state index contributed by atoms with van der Waals surface area (Å²) in [6.45, 7) is 0. The van der Waals surface area contributed by atoms with Gasteiger partial charge in [-0.05, 0) is 23.3 Å². The Bertz CT molecular complexity index is 715. The van der Waals surface area contributed by atoms with Gasteiger partial charge in [0.15, 0.2) is 0 Å². The van der Waals surface area contributed by atoms with Crippen LogP contribution in [-0.4, -0.2) is 23.6 Å². The summed E-state index contributed by atoms with van der Waals surface area (Å²) in [5, 5.41) is 9.15. The van der Waals surface area contributed by atoms with E-state index in [0.29, 0.717) is 5.75 Å². The van der Waals surface area contributed by atoms with Crippen molar-refractivity contribution in [1.82, 2.24) is 0 Å². The Balaban J connectivity index is 0.000000307. The molecular weight excluding hydrogens is 365 g/mol. The van der Waals surface area contributed by atoms with E-state index in [0.717, 1.165) is 11.5 Å². The Morgan fingerprint density at radius 2 is 1.29 bits per heavy atom. The maximum Gasteiger partial charge on any atom is 0.522 e. The molecule has 0 atom stereocenters. The highest BCUT2D eigenvalue weighted by molar-refractivity contribution is 7.97. The molecule has 0 aromatic heterocycles. The largest absolute Gasteiger partial charge is 0.522 e. The summed E-state index contributed by atoms with van der Waals surface area (Å²) in [5.41, 5.74) is -2.93. The van der Waals surface area contributed by atoms with E-state index in [1.165, 1.54) is 11.1 Å². The summed E-state index contributed by atoms with van der Waals surface area (Å²) in [6, 6.07) is 17.9. The Labute approximate surface area is 142 Å². The van der Waals surface area contributed by atoms with Crippen LogP contribution >= 0.6 is 11.8 Å². The van der Waals surface area contributed by atoms with E-state index in [2.05, 4.69) is 24.3 Å². The maximum atomic E-state index is 10.7. The molecule has 0 unspecified atom stereocenters. The molecule has 0 aliphatic heterocycles. The first-order chi connectivity index (χ1) is 11.1. The number of halogens is 3. The van der Waals surface area contributed by atoms with Crippen molar-refractivity contribution in [3.63, 3.8) is 0 Å². The smallest absolute Gasteiger partial charge is 0.508 e. The minimum absolute atomic E-state index is 0.330. The molecule has 0 aliphatic rings. The second-order valence-electron chi connectivity index (χ2n) is 4.57. The number of aromatic hydroxyl groups is 1. The van der Waals surface area contributed by atoms with E-state index in [1.54, 1.807) is 12.1 Å². The lowest BCUT2D eigenvalue weighted by atomic mass is 10.2. The highest BCUT2D eigenvalue weighted by Crippen LogP contribution is 2.20. The number of thioether (sulfide) groups is 1. The third kappa shape index (κ3) is 7.71. The molecule has 4 nitrogen and oxygen atoms in total. The molecule has 132 valence electrons. The first-order valence-electron chi connectivity index (χ1n) is 6.53. The van der Waals surface area contributed by atoms with Gasteiger partial charge in [0, 0.05) is 11.5 Å². The van der Waals surface area contributed by atoms with Crippen molar-refractivity contribution in [3.05, 3.63) is 65.7 Å². The van der Waals surface area contributed by atoms with Crippen molar-refractivity contribution in [2.24, 2.45) is 0 Å². The fourth-order valence-corrected chi connectivity index (χ4v) is 2.41. The maximum absolute atomic E-state index is 10.7. The molecule has 2 aromatic carbocycles. The zero-order chi connectivity index (χ0) is 18.2. The standard InChI is InChI=1S/C14H14OS.CHF3O3S/c15-14-8-6-13(7-9-14)11-16-10-12-4-2-1-3-5-12;2-1(3,4)8(5,6)7/h1-9,15H,10-11H2;(H,5,6,7). The van der Waals surface area contributed by atoms with Crippen LogP contribution in [0.15, 0.2) is 54.6 Å². The Kier molecular flexibility index (Phi) is 7.59. The molecule has 0 saturated carbocycles. The van der Waals surface area contributed by atoms with Crippen LogP contribution in [0.25, 0.3) is 0 Å². The van der Waals surface area contributed by atoms with Gasteiger partial charge in [-0.25, -0.2) is 0 Å². The summed E-state index contributed by atoms with van der Waals surface area (Å²) < 4.78 is 57.5. The van der Waals surface area contributed by atoms with E-state index >= 15 is 0 Å². The normalized spacial score (nSPS) is 11.5. The Morgan fingerprint density at radius 3 is 1.71 bits per heavy atom. The fraction of sp³-hybridized carbons (Fsp3) is 0.200. The number of alkyl halides is 3. The lowest BCUT2D eigenvalue weighted by Crippen LogP contribution is -2.21. The van der Waals surface area contributed by atoms with Crippen molar-refractivity contribution in [3.8, 4) is 5.75 Å². The molecule has 0 bridgehead atoms. The quantitative estimate of drug-likeness (QED) is 0.614. The lowest BCUT2D eigenvalue weighted by Gasteiger charge is -2.02. The third-order valence-electron chi connectivity index (χ3n) is 2.61. The molecule has 0 amide bonds. The van der Waals surface area contributed by atoms with E-state index in [-0.39, 0.29) is 0 Å². The van der Waals surface area contributed by atoms with Gasteiger partial charge in [-0.1, -0.05) is 42.5 Å². The van der Waals surface area contributed by atoms with Gasteiger partial charge in [-0.15, -0.1) is 0 Å². The first kappa shape index (κ1) is 20.3. The van der Waals surface area contributed by atoms with Crippen LogP contribution in [0.4, 0.5) is 13.2 Å². The predicted molar refractivity (Wildman–Crippen MR) is 87.2 cm³/mol. The summed E-state index contributed by atoms with van der Waals surface area (Å²) >= 11 is 1.88. The highest BCUT2D eigenvalue weighted by Gasteiger charge is 2.44. The van der Waals surface area contributed by atoms with Crippen LogP contribution < -0.4 is 0 Å². The van der Waals surface area contributed by atoms with Crippen molar-refractivity contribution < 1.29 is 31.2 Å². The summed E-state index contributed by atoms with van der Waals surface area (Å²) in [4.78, 5) is 0. The monoisotopic (exact) mass is 380 g/mol. The van der Waals surface area contributed by atoms with E-state index in [4.69, 9.17) is 18.1 Å².